The maximum Gasteiger partial charge on any atom is 0.273 e. The Morgan fingerprint density at radius 1 is 1.09 bits per heavy atom. The minimum Gasteiger partial charge on any atom is -0.272 e. The Hall–Kier alpha value is -3.57. The highest BCUT2D eigenvalue weighted by Crippen LogP contribution is 2.22. The van der Waals surface area contributed by atoms with Gasteiger partial charge in [0.05, 0.1) is 28.9 Å². The zero-order chi connectivity index (χ0) is 24.2. The van der Waals surface area contributed by atoms with Crippen LogP contribution in [0.5, 0.6) is 0 Å². The van der Waals surface area contributed by atoms with E-state index in [1.165, 1.54) is 25.4 Å². The molecule has 2 aromatic heterocycles. The van der Waals surface area contributed by atoms with Gasteiger partial charge in [0.1, 0.15) is 0 Å². The van der Waals surface area contributed by atoms with Gasteiger partial charge in [0.25, 0.3) is 11.8 Å². The fourth-order valence-corrected chi connectivity index (χ4v) is 4.29. The van der Waals surface area contributed by atoms with Gasteiger partial charge < -0.3 is 0 Å². The fourth-order valence-electron chi connectivity index (χ4n) is 3.16. The monoisotopic (exact) mass is 470 g/mol. The van der Waals surface area contributed by atoms with Crippen LogP contribution in [0.4, 0.5) is 0 Å². The van der Waals surface area contributed by atoms with Crippen LogP contribution in [-0.2, 0) is 14.8 Å². The maximum atomic E-state index is 12.7. The van der Waals surface area contributed by atoms with Gasteiger partial charge in [0.2, 0.25) is 10.0 Å². The molecule has 2 N–H and O–H groups in total. The molecule has 2 heterocycles. The molecule has 0 saturated carbocycles. The summed E-state index contributed by atoms with van der Waals surface area (Å²) in [7, 11) is -2.55. The van der Waals surface area contributed by atoms with Crippen molar-refractivity contribution in [3.63, 3.8) is 0 Å². The third kappa shape index (κ3) is 5.44. The van der Waals surface area contributed by atoms with Crippen LogP contribution in [0.3, 0.4) is 0 Å². The highest BCUT2D eigenvalue weighted by molar-refractivity contribution is 7.89. The second kappa shape index (κ2) is 9.92. The Labute approximate surface area is 192 Å². The van der Waals surface area contributed by atoms with E-state index in [9.17, 15) is 18.0 Å². The molecule has 0 unspecified atom stereocenters. The van der Waals surface area contributed by atoms with Gasteiger partial charge in [0, 0.05) is 13.2 Å². The average molecular weight is 471 g/mol. The summed E-state index contributed by atoms with van der Waals surface area (Å²) in [4.78, 5) is 29.4. The van der Waals surface area contributed by atoms with E-state index in [0.717, 1.165) is 9.87 Å². The molecule has 10 nitrogen and oxygen atoms in total. The summed E-state index contributed by atoms with van der Waals surface area (Å²) in [5.41, 5.74) is 6.41. The van der Waals surface area contributed by atoms with Crippen LogP contribution < -0.4 is 10.9 Å². The number of likely N-dealkylation sites (N-methyl/N-ethyl adjacent to an activating group) is 1. The molecule has 0 radical (unpaired) electrons. The Kier molecular flexibility index (Phi) is 7.24. The SMILES string of the molecule is Cc1ccc(S(=O)(=O)N(C)CC(=O)NNC(=O)c2cnn(-c3ccccn3)c2C(C)C)cc1. The van der Waals surface area contributed by atoms with Gasteiger partial charge in [-0.05, 0) is 37.1 Å². The number of hydrazine groups is 1. The molecule has 2 amide bonds. The van der Waals surface area contributed by atoms with Crippen LogP contribution in [0.1, 0.15) is 41.4 Å². The normalized spacial score (nSPS) is 11.6. The van der Waals surface area contributed by atoms with E-state index in [2.05, 4.69) is 20.9 Å². The van der Waals surface area contributed by atoms with Crippen molar-refractivity contribution in [2.24, 2.45) is 0 Å². The van der Waals surface area contributed by atoms with Gasteiger partial charge in [-0.3, -0.25) is 20.4 Å². The number of hydrogen-bond donors (Lipinski definition) is 2. The largest absolute Gasteiger partial charge is 0.273 e. The van der Waals surface area contributed by atoms with Crippen LogP contribution in [0.15, 0.2) is 59.8 Å². The zero-order valence-corrected chi connectivity index (χ0v) is 19.6. The Balaban J connectivity index is 1.67. The topological polar surface area (TPSA) is 126 Å². The number of nitrogens with zero attached hydrogens (tertiary/aromatic N) is 4. The molecule has 0 spiro atoms. The third-order valence-electron chi connectivity index (χ3n) is 4.88. The molecule has 0 saturated heterocycles. The molecular weight excluding hydrogens is 444 g/mol. The summed E-state index contributed by atoms with van der Waals surface area (Å²) in [6, 6.07) is 11.7. The van der Waals surface area contributed by atoms with Gasteiger partial charge in [-0.25, -0.2) is 18.1 Å². The van der Waals surface area contributed by atoms with Gasteiger partial charge in [0.15, 0.2) is 5.82 Å². The van der Waals surface area contributed by atoms with Crippen LogP contribution in [0, 0.1) is 6.92 Å². The maximum absolute atomic E-state index is 12.7. The second-order valence-electron chi connectivity index (χ2n) is 7.77. The highest BCUT2D eigenvalue weighted by Gasteiger charge is 2.24. The average Bonchev–Trinajstić information content (AvgIpc) is 3.24. The molecule has 0 aliphatic rings. The predicted octanol–water partition coefficient (Wildman–Crippen LogP) is 1.78. The molecule has 174 valence electrons. The van der Waals surface area contributed by atoms with Crippen LogP contribution in [0.25, 0.3) is 5.82 Å². The smallest absolute Gasteiger partial charge is 0.272 e. The molecule has 3 rings (SSSR count). The van der Waals surface area contributed by atoms with Crippen LogP contribution in [0.2, 0.25) is 0 Å². The van der Waals surface area contributed by atoms with Crippen molar-refractivity contribution >= 4 is 21.8 Å². The van der Waals surface area contributed by atoms with Crippen molar-refractivity contribution in [2.45, 2.75) is 31.6 Å². The van der Waals surface area contributed by atoms with Crippen molar-refractivity contribution in [1.29, 1.82) is 0 Å². The third-order valence-corrected chi connectivity index (χ3v) is 6.69. The molecule has 11 heteroatoms. The van der Waals surface area contributed by atoms with E-state index in [-0.39, 0.29) is 16.4 Å². The number of pyridine rings is 1. The van der Waals surface area contributed by atoms with Crippen molar-refractivity contribution in [3.8, 4) is 5.82 Å². The summed E-state index contributed by atoms with van der Waals surface area (Å²) >= 11 is 0. The van der Waals surface area contributed by atoms with Crippen LogP contribution >= 0.6 is 0 Å². The van der Waals surface area contributed by atoms with Crippen molar-refractivity contribution in [3.05, 3.63) is 71.7 Å². The number of carbonyl (C=O) groups is 2. The molecule has 33 heavy (non-hydrogen) atoms. The minimum atomic E-state index is -3.85. The summed E-state index contributed by atoms with van der Waals surface area (Å²) in [5, 5.41) is 4.27. The zero-order valence-electron chi connectivity index (χ0n) is 18.8. The Morgan fingerprint density at radius 3 is 2.39 bits per heavy atom. The van der Waals surface area contributed by atoms with Gasteiger partial charge >= 0.3 is 0 Å². The number of hydrogen-bond acceptors (Lipinski definition) is 6. The van der Waals surface area contributed by atoms with Crippen molar-refractivity contribution < 1.29 is 18.0 Å². The molecule has 0 aliphatic heterocycles. The number of benzene rings is 1. The number of nitrogens with one attached hydrogen (secondary N) is 2. The summed E-state index contributed by atoms with van der Waals surface area (Å²) in [6.07, 6.45) is 3.03. The quantitative estimate of drug-likeness (QED) is 0.507. The van der Waals surface area contributed by atoms with E-state index < -0.39 is 28.4 Å². The standard InChI is InChI=1S/C22H26N6O4S/c1-15(2)21-18(13-24-28(21)19-7-5-6-12-23-19)22(30)26-25-20(29)14-27(4)33(31,32)17-10-8-16(3)9-11-17/h5-13,15H,14H2,1-4H3,(H,25,29)(H,26,30). The molecule has 1 aromatic carbocycles. The van der Waals surface area contributed by atoms with Crippen molar-refractivity contribution in [2.75, 3.05) is 13.6 Å². The molecule has 0 bridgehead atoms. The lowest BCUT2D eigenvalue weighted by molar-refractivity contribution is -0.121. The number of amides is 2. The molecule has 0 atom stereocenters. The molecular formula is C22H26N6O4S. The number of aryl methyl sites for hydroxylation is 1. The van der Waals surface area contributed by atoms with Crippen LogP contribution in [-0.4, -0.2) is 52.9 Å². The van der Waals surface area contributed by atoms with Gasteiger partial charge in [-0.1, -0.05) is 37.6 Å². The summed E-state index contributed by atoms with van der Waals surface area (Å²) in [6.45, 7) is 5.20. The first-order valence-electron chi connectivity index (χ1n) is 10.2. The van der Waals surface area contributed by atoms with E-state index in [1.807, 2.05) is 26.8 Å². The van der Waals surface area contributed by atoms with Gasteiger partial charge in [-0.15, -0.1) is 0 Å². The fraction of sp³-hybridized carbons (Fsp3) is 0.273. The van der Waals surface area contributed by atoms with E-state index in [1.54, 1.807) is 35.1 Å². The van der Waals surface area contributed by atoms with Gasteiger partial charge in [-0.2, -0.15) is 9.40 Å². The lowest BCUT2D eigenvalue weighted by Gasteiger charge is -2.17. The Bertz CT molecular complexity index is 1240. The Morgan fingerprint density at radius 2 is 1.79 bits per heavy atom. The highest BCUT2D eigenvalue weighted by atomic mass is 32.2. The molecule has 0 aliphatic carbocycles. The summed E-state index contributed by atoms with van der Waals surface area (Å²) < 4.78 is 27.8. The molecule has 3 aromatic rings. The summed E-state index contributed by atoms with van der Waals surface area (Å²) in [5.74, 6) is -0.757. The number of aromatic nitrogens is 3. The first kappa shape index (κ1) is 24.1. The number of sulfonamides is 1. The lowest BCUT2D eigenvalue weighted by atomic mass is 10.1. The lowest BCUT2D eigenvalue weighted by Crippen LogP contribution is -2.46. The first-order valence-corrected chi connectivity index (χ1v) is 11.7. The second-order valence-corrected chi connectivity index (χ2v) is 9.82. The van der Waals surface area contributed by atoms with E-state index in [4.69, 9.17) is 0 Å². The van der Waals surface area contributed by atoms with E-state index >= 15 is 0 Å². The van der Waals surface area contributed by atoms with E-state index in [0.29, 0.717) is 11.5 Å². The minimum absolute atomic E-state index is 0.0586. The number of carbonyl (C=O) groups excluding carboxylic acids is 2. The number of rotatable bonds is 7. The first-order chi connectivity index (χ1) is 15.6. The molecule has 0 fully saturated rings. The van der Waals surface area contributed by atoms with Crippen molar-refractivity contribution in [1.82, 2.24) is 29.9 Å². The predicted molar refractivity (Wildman–Crippen MR) is 122 cm³/mol.